The van der Waals surface area contributed by atoms with Gasteiger partial charge in [-0.15, -0.1) is 0 Å². The summed E-state index contributed by atoms with van der Waals surface area (Å²) in [5.74, 6) is 0.822. The lowest BCUT2D eigenvalue weighted by atomic mass is 9.87. The summed E-state index contributed by atoms with van der Waals surface area (Å²) >= 11 is 0. The van der Waals surface area contributed by atoms with Gasteiger partial charge in [-0.1, -0.05) is 41.9 Å². The summed E-state index contributed by atoms with van der Waals surface area (Å²) in [6, 6.07) is 12.6. The molecule has 4 rings (SSSR count). The Balaban J connectivity index is 1.65. The molecule has 144 valence electrons. The molecule has 1 N–H and O–H groups in total. The highest BCUT2D eigenvalue weighted by molar-refractivity contribution is 6.39. The molecule has 2 heterocycles. The van der Waals surface area contributed by atoms with Gasteiger partial charge >= 0.3 is 6.09 Å². The number of nitrogens with zero attached hydrogens (tertiary/aromatic N) is 2. The van der Waals surface area contributed by atoms with Crippen molar-refractivity contribution in [1.29, 1.82) is 0 Å². The number of rotatable bonds is 2. The SMILES string of the molecule is Bc1ccc(-c2cnc([C@@H]3CCCN3C(=O)OC(C)(C)C)[nH]2)c2ccccc12. The first-order valence-electron chi connectivity index (χ1n) is 9.87. The zero-order valence-corrected chi connectivity index (χ0v) is 17.0. The first kappa shape index (κ1) is 18.6. The fourth-order valence-corrected chi connectivity index (χ4v) is 3.92. The lowest BCUT2D eigenvalue weighted by molar-refractivity contribution is 0.0219. The van der Waals surface area contributed by atoms with Crippen molar-refractivity contribution in [2.75, 3.05) is 6.54 Å². The highest BCUT2D eigenvalue weighted by atomic mass is 16.6. The largest absolute Gasteiger partial charge is 0.444 e. The number of carbonyl (C=O) groups is 1. The Kier molecular flexibility index (Phi) is 4.65. The van der Waals surface area contributed by atoms with Crippen molar-refractivity contribution in [2.45, 2.75) is 45.3 Å². The third-order valence-corrected chi connectivity index (χ3v) is 5.22. The Morgan fingerprint density at radius 3 is 2.71 bits per heavy atom. The van der Waals surface area contributed by atoms with Crippen molar-refractivity contribution in [3.8, 4) is 11.3 Å². The number of H-pyrrole nitrogens is 1. The van der Waals surface area contributed by atoms with Crippen LogP contribution in [0.25, 0.3) is 22.0 Å². The second-order valence-corrected chi connectivity index (χ2v) is 8.49. The molecule has 6 heteroatoms. The van der Waals surface area contributed by atoms with Crippen molar-refractivity contribution in [3.63, 3.8) is 0 Å². The van der Waals surface area contributed by atoms with Gasteiger partial charge in [-0.05, 0) is 44.4 Å². The summed E-state index contributed by atoms with van der Waals surface area (Å²) < 4.78 is 5.58. The van der Waals surface area contributed by atoms with Crippen LogP contribution in [-0.4, -0.2) is 41.0 Å². The van der Waals surface area contributed by atoms with Gasteiger partial charge in [-0.3, -0.25) is 4.90 Å². The number of hydrogen-bond acceptors (Lipinski definition) is 3. The molecule has 0 radical (unpaired) electrons. The van der Waals surface area contributed by atoms with Crippen molar-refractivity contribution in [3.05, 3.63) is 48.4 Å². The molecule has 0 aliphatic carbocycles. The van der Waals surface area contributed by atoms with Crippen molar-refractivity contribution in [2.24, 2.45) is 0 Å². The minimum absolute atomic E-state index is 0.0692. The minimum Gasteiger partial charge on any atom is -0.444 e. The van der Waals surface area contributed by atoms with Crippen molar-refractivity contribution >= 4 is 30.2 Å². The molecule has 1 aliphatic rings. The Morgan fingerprint density at radius 1 is 1.21 bits per heavy atom. The average Bonchev–Trinajstić information content (AvgIpc) is 3.30. The number of nitrogens with one attached hydrogen (secondary N) is 1. The van der Waals surface area contributed by atoms with Crippen LogP contribution in [0.1, 0.15) is 45.5 Å². The first-order chi connectivity index (χ1) is 13.3. The number of imidazole rings is 1. The molecule has 1 atom stereocenters. The highest BCUT2D eigenvalue weighted by Gasteiger charge is 2.34. The molecule has 2 aromatic carbocycles. The molecule has 1 amide bonds. The van der Waals surface area contributed by atoms with Gasteiger partial charge in [0.25, 0.3) is 0 Å². The maximum atomic E-state index is 12.6. The van der Waals surface area contributed by atoms with E-state index in [1.165, 1.54) is 16.2 Å². The van der Waals surface area contributed by atoms with Crippen molar-refractivity contribution < 1.29 is 9.53 Å². The third kappa shape index (κ3) is 3.51. The number of aromatic nitrogens is 2. The molecule has 0 unspecified atom stereocenters. The number of hydrogen-bond donors (Lipinski definition) is 1. The molecule has 0 saturated carbocycles. The minimum atomic E-state index is -0.501. The number of carbonyl (C=O) groups excluding carboxylic acids is 1. The third-order valence-electron chi connectivity index (χ3n) is 5.22. The summed E-state index contributed by atoms with van der Waals surface area (Å²) in [4.78, 5) is 22.5. The molecular formula is C22H26BN3O2. The Labute approximate surface area is 166 Å². The van der Waals surface area contributed by atoms with Crippen LogP contribution in [0.15, 0.2) is 42.6 Å². The van der Waals surface area contributed by atoms with Gasteiger partial charge in [0.1, 0.15) is 19.3 Å². The van der Waals surface area contributed by atoms with E-state index in [0.717, 1.165) is 29.9 Å². The normalized spacial score (nSPS) is 17.2. The summed E-state index contributed by atoms with van der Waals surface area (Å²) in [6.45, 7) is 6.37. The van der Waals surface area contributed by atoms with Crippen LogP contribution in [0.5, 0.6) is 0 Å². The van der Waals surface area contributed by atoms with Gasteiger partial charge in [0.2, 0.25) is 0 Å². The van der Waals surface area contributed by atoms with E-state index >= 15 is 0 Å². The van der Waals surface area contributed by atoms with E-state index in [0.29, 0.717) is 6.54 Å². The molecule has 3 aromatic rings. The van der Waals surface area contributed by atoms with Crippen molar-refractivity contribution in [1.82, 2.24) is 14.9 Å². The molecule has 28 heavy (non-hydrogen) atoms. The van der Waals surface area contributed by atoms with Crippen LogP contribution in [0.2, 0.25) is 0 Å². The summed E-state index contributed by atoms with van der Waals surface area (Å²) in [7, 11) is 2.13. The Bertz CT molecular complexity index is 1020. The zero-order chi connectivity index (χ0) is 19.9. The van der Waals surface area contributed by atoms with Crippen LogP contribution in [0, 0.1) is 0 Å². The summed E-state index contributed by atoms with van der Waals surface area (Å²) in [5.41, 5.74) is 2.86. The number of ether oxygens (including phenoxy) is 1. The molecule has 1 saturated heterocycles. The smallest absolute Gasteiger partial charge is 0.410 e. The summed E-state index contributed by atoms with van der Waals surface area (Å²) in [6.07, 6.45) is 3.44. The first-order valence-corrected chi connectivity index (χ1v) is 9.87. The van der Waals surface area contributed by atoms with Crippen LogP contribution in [0.4, 0.5) is 4.79 Å². The van der Waals surface area contributed by atoms with Gasteiger partial charge < -0.3 is 9.72 Å². The molecule has 1 aromatic heterocycles. The lowest BCUT2D eigenvalue weighted by Crippen LogP contribution is -2.36. The number of fused-ring (bicyclic) bond motifs is 1. The van der Waals surface area contributed by atoms with E-state index in [-0.39, 0.29) is 12.1 Å². The predicted molar refractivity (Wildman–Crippen MR) is 115 cm³/mol. The molecule has 0 spiro atoms. The average molecular weight is 375 g/mol. The number of aromatic amines is 1. The maximum absolute atomic E-state index is 12.6. The lowest BCUT2D eigenvalue weighted by Gasteiger charge is -2.27. The standard InChI is InChI=1S/C22H26BN3O2/c1-22(2,3)28-21(27)26-12-6-9-19(26)20-24-13-18(25-20)16-10-11-17(23)15-8-5-4-7-14(15)16/h4-5,7-8,10-11,13,19H,6,9,12,23H2,1-3H3,(H,24,25)/t19-/m0/s1. The molecular weight excluding hydrogens is 349 g/mol. The molecule has 0 bridgehead atoms. The topological polar surface area (TPSA) is 58.2 Å². The monoisotopic (exact) mass is 375 g/mol. The molecule has 1 aliphatic heterocycles. The fraction of sp³-hybridized carbons (Fsp3) is 0.364. The highest BCUT2D eigenvalue weighted by Crippen LogP contribution is 2.34. The van der Waals surface area contributed by atoms with Crippen LogP contribution in [0.3, 0.4) is 0 Å². The zero-order valence-electron chi connectivity index (χ0n) is 17.0. The van der Waals surface area contributed by atoms with Gasteiger partial charge in [-0.25, -0.2) is 9.78 Å². The Hall–Kier alpha value is -2.76. The Morgan fingerprint density at radius 2 is 1.96 bits per heavy atom. The van der Waals surface area contributed by atoms with E-state index in [1.54, 1.807) is 4.90 Å². The van der Waals surface area contributed by atoms with Gasteiger partial charge in [0, 0.05) is 12.1 Å². The molecule has 5 nitrogen and oxygen atoms in total. The number of benzene rings is 2. The van der Waals surface area contributed by atoms with Gasteiger partial charge in [0.15, 0.2) is 0 Å². The fourth-order valence-electron chi connectivity index (χ4n) is 3.92. The van der Waals surface area contributed by atoms with E-state index < -0.39 is 5.60 Å². The van der Waals surface area contributed by atoms with E-state index in [9.17, 15) is 4.79 Å². The van der Waals surface area contributed by atoms with E-state index in [1.807, 2.05) is 27.0 Å². The predicted octanol–water partition coefficient (Wildman–Crippen LogP) is 3.56. The van der Waals surface area contributed by atoms with E-state index in [2.05, 4.69) is 54.2 Å². The maximum Gasteiger partial charge on any atom is 0.410 e. The van der Waals surface area contributed by atoms with Gasteiger partial charge in [-0.2, -0.15) is 0 Å². The van der Waals surface area contributed by atoms with Gasteiger partial charge in [0.05, 0.1) is 17.9 Å². The second-order valence-electron chi connectivity index (χ2n) is 8.49. The number of likely N-dealkylation sites (tertiary alicyclic amines) is 1. The number of amides is 1. The van der Waals surface area contributed by atoms with E-state index in [4.69, 9.17) is 4.74 Å². The molecule has 1 fully saturated rings. The summed E-state index contributed by atoms with van der Waals surface area (Å²) in [5, 5.41) is 2.44. The quantitative estimate of drug-likeness (QED) is 0.697. The van der Waals surface area contributed by atoms with Crippen LogP contribution >= 0.6 is 0 Å². The second kappa shape index (κ2) is 7.00. The van der Waals surface area contributed by atoms with Crippen LogP contribution in [-0.2, 0) is 4.74 Å². The van der Waals surface area contributed by atoms with Crippen LogP contribution < -0.4 is 5.46 Å².